The molecule has 0 saturated carbocycles. The van der Waals surface area contributed by atoms with E-state index in [0.29, 0.717) is 5.92 Å². The lowest BCUT2D eigenvalue weighted by atomic mass is 10.00. The fourth-order valence-electron chi connectivity index (χ4n) is 2.06. The van der Waals surface area contributed by atoms with Crippen LogP contribution in [0.2, 0.25) is 0 Å². The Morgan fingerprint density at radius 2 is 2.12 bits per heavy atom. The van der Waals surface area contributed by atoms with Crippen molar-refractivity contribution in [3.63, 3.8) is 0 Å². The molecule has 0 unspecified atom stereocenters. The van der Waals surface area contributed by atoms with E-state index < -0.39 is 0 Å². The maximum atomic E-state index is 4.99. The topological polar surface area (TPSA) is 39.1 Å². The Hall–Kier alpha value is -0.870. The Kier molecular flexibility index (Phi) is 6.89. The number of nitrogens with one attached hydrogen (secondary N) is 1. The zero-order chi connectivity index (χ0) is 12.5. The third kappa shape index (κ3) is 4.48. The van der Waals surface area contributed by atoms with Crippen LogP contribution >= 0.6 is 0 Å². The van der Waals surface area contributed by atoms with Gasteiger partial charge < -0.3 is 14.6 Å². The van der Waals surface area contributed by atoms with E-state index in [4.69, 9.17) is 4.74 Å². The van der Waals surface area contributed by atoms with Gasteiger partial charge in [0.15, 0.2) is 0 Å². The average Bonchev–Trinajstić information content (AvgIpc) is 2.79. The number of methoxy groups -OCH3 is 1. The summed E-state index contributed by atoms with van der Waals surface area (Å²) < 4.78 is 7.26. The van der Waals surface area contributed by atoms with Crippen LogP contribution in [0.4, 0.5) is 0 Å². The summed E-state index contributed by atoms with van der Waals surface area (Å²) in [7, 11) is 1.72. The molecule has 0 aliphatic heterocycles. The maximum Gasteiger partial charge on any atom is 0.0948 e. The molecule has 1 N–H and O–H groups in total. The van der Waals surface area contributed by atoms with Gasteiger partial charge in [0.2, 0.25) is 0 Å². The van der Waals surface area contributed by atoms with Gasteiger partial charge in [-0.1, -0.05) is 13.8 Å². The van der Waals surface area contributed by atoms with Gasteiger partial charge in [-0.3, -0.25) is 0 Å². The molecule has 0 aliphatic rings. The molecule has 0 radical (unpaired) electrons. The summed E-state index contributed by atoms with van der Waals surface area (Å²) in [5.74, 6) is 0.636. The number of imidazole rings is 1. The molecule has 0 amide bonds. The van der Waals surface area contributed by atoms with Crippen LogP contribution in [0.1, 0.15) is 38.3 Å². The minimum absolute atomic E-state index is 0.636. The summed E-state index contributed by atoms with van der Waals surface area (Å²) in [6, 6.07) is 0. The standard InChI is InChI=1S/C13H25N3O/c1-4-12(5-2)13-10-15-11-16(13)8-6-14-7-9-17-3/h10-12,14H,4-9H2,1-3H3. The summed E-state index contributed by atoms with van der Waals surface area (Å²) in [5.41, 5.74) is 1.36. The van der Waals surface area contributed by atoms with Crippen LogP contribution in [0.3, 0.4) is 0 Å². The van der Waals surface area contributed by atoms with Crippen LogP contribution in [0.25, 0.3) is 0 Å². The van der Waals surface area contributed by atoms with Gasteiger partial charge >= 0.3 is 0 Å². The van der Waals surface area contributed by atoms with Gasteiger partial charge in [-0.15, -0.1) is 0 Å². The zero-order valence-corrected chi connectivity index (χ0v) is 11.3. The third-order valence-electron chi connectivity index (χ3n) is 3.16. The normalized spacial score (nSPS) is 11.3. The second-order valence-electron chi connectivity index (χ2n) is 4.27. The first-order valence-electron chi connectivity index (χ1n) is 6.53. The molecule has 0 bridgehead atoms. The first-order chi connectivity index (χ1) is 8.33. The van der Waals surface area contributed by atoms with Gasteiger partial charge in [0, 0.05) is 44.6 Å². The first kappa shape index (κ1) is 14.2. The summed E-state index contributed by atoms with van der Waals surface area (Å²) in [4.78, 5) is 4.26. The van der Waals surface area contributed by atoms with Crippen LogP contribution in [0, 0.1) is 0 Å². The SMILES string of the molecule is CCC(CC)c1cncn1CCNCCOC. The molecule has 1 aromatic heterocycles. The number of hydrogen-bond acceptors (Lipinski definition) is 3. The highest BCUT2D eigenvalue weighted by Crippen LogP contribution is 2.22. The molecule has 0 aliphatic carbocycles. The van der Waals surface area contributed by atoms with Crippen molar-refractivity contribution in [3.05, 3.63) is 18.2 Å². The lowest BCUT2D eigenvalue weighted by Crippen LogP contribution is -2.24. The van der Waals surface area contributed by atoms with Gasteiger partial charge in [-0.25, -0.2) is 4.98 Å². The molecule has 4 heteroatoms. The van der Waals surface area contributed by atoms with Crippen molar-refractivity contribution in [2.45, 2.75) is 39.2 Å². The van der Waals surface area contributed by atoms with Crippen molar-refractivity contribution in [2.75, 3.05) is 26.8 Å². The van der Waals surface area contributed by atoms with E-state index in [0.717, 1.165) is 26.2 Å². The Morgan fingerprint density at radius 3 is 2.76 bits per heavy atom. The Morgan fingerprint density at radius 1 is 1.35 bits per heavy atom. The number of ether oxygens (including phenoxy) is 1. The van der Waals surface area contributed by atoms with Crippen LogP contribution in [0.15, 0.2) is 12.5 Å². The number of aromatic nitrogens is 2. The monoisotopic (exact) mass is 239 g/mol. The van der Waals surface area contributed by atoms with E-state index in [-0.39, 0.29) is 0 Å². The number of rotatable bonds is 9. The number of hydrogen-bond donors (Lipinski definition) is 1. The zero-order valence-electron chi connectivity index (χ0n) is 11.3. The quantitative estimate of drug-likeness (QED) is 0.670. The van der Waals surface area contributed by atoms with E-state index in [1.807, 2.05) is 12.5 Å². The van der Waals surface area contributed by atoms with Crippen LogP contribution < -0.4 is 5.32 Å². The van der Waals surface area contributed by atoms with Gasteiger partial charge in [-0.2, -0.15) is 0 Å². The minimum Gasteiger partial charge on any atom is -0.383 e. The third-order valence-corrected chi connectivity index (χ3v) is 3.16. The smallest absolute Gasteiger partial charge is 0.0948 e. The van der Waals surface area contributed by atoms with Crippen molar-refractivity contribution in [1.29, 1.82) is 0 Å². The Balaban J connectivity index is 2.40. The lowest BCUT2D eigenvalue weighted by molar-refractivity contribution is 0.199. The highest BCUT2D eigenvalue weighted by Gasteiger charge is 2.11. The van der Waals surface area contributed by atoms with Crippen LogP contribution in [-0.2, 0) is 11.3 Å². The first-order valence-corrected chi connectivity index (χ1v) is 6.53. The molecule has 98 valence electrons. The molecule has 4 nitrogen and oxygen atoms in total. The average molecular weight is 239 g/mol. The van der Waals surface area contributed by atoms with Gasteiger partial charge in [0.25, 0.3) is 0 Å². The number of nitrogens with zero attached hydrogens (tertiary/aromatic N) is 2. The predicted octanol–water partition coefficient (Wildman–Crippen LogP) is 2.02. The van der Waals surface area contributed by atoms with E-state index in [1.54, 1.807) is 7.11 Å². The van der Waals surface area contributed by atoms with E-state index >= 15 is 0 Å². The predicted molar refractivity (Wildman–Crippen MR) is 70.3 cm³/mol. The summed E-state index contributed by atoms with van der Waals surface area (Å²) in [6.07, 6.45) is 6.30. The second kappa shape index (κ2) is 8.25. The fraction of sp³-hybridized carbons (Fsp3) is 0.769. The van der Waals surface area contributed by atoms with Crippen molar-refractivity contribution in [2.24, 2.45) is 0 Å². The van der Waals surface area contributed by atoms with Crippen molar-refractivity contribution in [3.8, 4) is 0 Å². The summed E-state index contributed by atoms with van der Waals surface area (Å²) in [6.45, 7) is 8.10. The molecule has 0 spiro atoms. The molecule has 1 heterocycles. The molecule has 1 aromatic rings. The minimum atomic E-state index is 0.636. The van der Waals surface area contributed by atoms with E-state index in [1.165, 1.54) is 18.5 Å². The Labute approximate surface area is 104 Å². The van der Waals surface area contributed by atoms with Crippen LogP contribution in [-0.4, -0.2) is 36.4 Å². The molecule has 0 saturated heterocycles. The van der Waals surface area contributed by atoms with Gasteiger partial charge in [0.05, 0.1) is 12.9 Å². The van der Waals surface area contributed by atoms with Crippen molar-refractivity contribution < 1.29 is 4.74 Å². The maximum absolute atomic E-state index is 4.99. The summed E-state index contributed by atoms with van der Waals surface area (Å²) in [5, 5.41) is 3.35. The largest absolute Gasteiger partial charge is 0.383 e. The molecular weight excluding hydrogens is 214 g/mol. The van der Waals surface area contributed by atoms with Crippen molar-refractivity contribution >= 4 is 0 Å². The molecule has 0 aromatic carbocycles. The van der Waals surface area contributed by atoms with Crippen LogP contribution in [0.5, 0.6) is 0 Å². The molecular formula is C13H25N3O. The highest BCUT2D eigenvalue weighted by molar-refractivity contribution is 5.05. The molecule has 0 atom stereocenters. The summed E-state index contributed by atoms with van der Waals surface area (Å²) >= 11 is 0. The molecule has 17 heavy (non-hydrogen) atoms. The highest BCUT2D eigenvalue weighted by atomic mass is 16.5. The lowest BCUT2D eigenvalue weighted by Gasteiger charge is -2.15. The molecule has 0 fully saturated rings. The van der Waals surface area contributed by atoms with Crippen molar-refractivity contribution in [1.82, 2.24) is 14.9 Å². The van der Waals surface area contributed by atoms with E-state index in [2.05, 4.69) is 28.7 Å². The fourth-order valence-corrected chi connectivity index (χ4v) is 2.06. The van der Waals surface area contributed by atoms with E-state index in [9.17, 15) is 0 Å². The molecule has 1 rings (SSSR count). The Bertz CT molecular complexity index is 295. The van der Waals surface area contributed by atoms with Gasteiger partial charge in [-0.05, 0) is 12.8 Å². The van der Waals surface area contributed by atoms with Gasteiger partial charge in [0.1, 0.15) is 0 Å². The second-order valence-corrected chi connectivity index (χ2v) is 4.27.